The van der Waals surface area contributed by atoms with Crippen LogP contribution in [-0.2, 0) is 10.0 Å². The smallest absolute Gasteiger partial charge is 0.0783 e. The van der Waals surface area contributed by atoms with Gasteiger partial charge in [0.25, 0.3) is 0 Å². The second-order valence-electron chi connectivity index (χ2n) is 7.48. The summed E-state index contributed by atoms with van der Waals surface area (Å²) in [5.41, 5.74) is 0. The van der Waals surface area contributed by atoms with Crippen molar-refractivity contribution in [3.8, 4) is 0 Å². The van der Waals surface area contributed by atoms with E-state index in [0.717, 1.165) is 56.2 Å². The zero-order valence-electron chi connectivity index (χ0n) is 17.3. The summed E-state index contributed by atoms with van der Waals surface area (Å²) < 4.78 is 29.3. The van der Waals surface area contributed by atoms with E-state index >= 15 is 0 Å². The molecule has 0 spiro atoms. The van der Waals surface area contributed by atoms with Crippen molar-refractivity contribution in [3.05, 3.63) is 4.72 Å². The van der Waals surface area contributed by atoms with Crippen molar-refractivity contribution < 1.29 is 12.9 Å². The van der Waals surface area contributed by atoms with Gasteiger partial charge in [0.1, 0.15) is 0 Å². The van der Waals surface area contributed by atoms with Crippen molar-refractivity contribution in [3.63, 3.8) is 0 Å². The topological polar surface area (TPSA) is 48.2 Å². The maximum Gasteiger partial charge on any atom is 0.0783 e. The monoisotopic (exact) mass is 490 g/mol. The highest BCUT2D eigenvalue weighted by molar-refractivity contribution is 14.0. The van der Waals surface area contributed by atoms with E-state index in [0.29, 0.717) is 0 Å². The van der Waals surface area contributed by atoms with Crippen LogP contribution in [0.3, 0.4) is 0 Å². The average molecular weight is 491 g/mol. The van der Waals surface area contributed by atoms with E-state index in [1.54, 1.807) is 0 Å². The van der Waals surface area contributed by atoms with Gasteiger partial charge in [-0.15, -0.1) is 30.0 Å². The first-order chi connectivity index (χ1) is 11.3. The van der Waals surface area contributed by atoms with Gasteiger partial charge in [0, 0.05) is 5.75 Å². The Bertz CT molecular complexity index is 398. The molecule has 0 rings (SSSR count). The van der Waals surface area contributed by atoms with Gasteiger partial charge in [0.05, 0.1) is 36.7 Å². The predicted octanol–water partition coefficient (Wildman–Crippen LogP) is 5.71. The van der Waals surface area contributed by atoms with Crippen molar-refractivity contribution in [2.75, 3.05) is 32.4 Å². The molecule has 0 radical (unpaired) electrons. The minimum Gasteiger partial charge on any atom is -0.546 e. The molecule has 0 aromatic heterocycles. The van der Waals surface area contributed by atoms with Gasteiger partial charge < -0.3 is 9.21 Å². The fraction of sp³-hybridized carbons (Fsp3) is 1.00. The Balaban J connectivity index is 0. The molecule has 0 aromatic rings. The van der Waals surface area contributed by atoms with Crippen molar-refractivity contribution in [1.29, 1.82) is 0 Å². The minimum atomic E-state index is -3.24. The summed E-state index contributed by atoms with van der Waals surface area (Å²) in [4.78, 5) is 0. The quantitative estimate of drug-likeness (QED) is 0.158. The fourth-order valence-corrected chi connectivity index (χ4v) is 4.26. The Morgan fingerprint density at radius 1 is 0.880 bits per heavy atom. The standard InChI is InChI=1S/C19H42N2O2S.HI/c1-6-9-10-11-12-13-14-18-24(22,23)20-19(4)16-15-17-21(5,7-2)8-3;/h19H,6-18H2,1-5H3;1H. The molecular weight excluding hydrogens is 447 g/mol. The number of nitrogens with zero attached hydrogens (tertiary/aromatic N) is 2. The molecule has 0 aliphatic heterocycles. The highest BCUT2D eigenvalue weighted by atomic mass is 127. The Kier molecular flexibility index (Phi) is 17.4. The lowest BCUT2D eigenvalue weighted by molar-refractivity contribution is -0.906. The summed E-state index contributed by atoms with van der Waals surface area (Å²) in [6.07, 6.45) is 9.86. The molecule has 1 atom stereocenters. The van der Waals surface area contributed by atoms with E-state index in [2.05, 4.69) is 32.5 Å². The van der Waals surface area contributed by atoms with Gasteiger partial charge in [0.2, 0.25) is 0 Å². The molecule has 0 saturated carbocycles. The Morgan fingerprint density at radius 3 is 1.92 bits per heavy atom. The fourth-order valence-electron chi connectivity index (χ4n) is 2.93. The van der Waals surface area contributed by atoms with Gasteiger partial charge in [-0.25, -0.2) is 8.42 Å². The van der Waals surface area contributed by atoms with Gasteiger partial charge in [-0.05, 0) is 26.7 Å². The molecule has 0 amide bonds. The van der Waals surface area contributed by atoms with Crippen LogP contribution < -0.4 is 0 Å². The van der Waals surface area contributed by atoms with Gasteiger partial charge in [0.15, 0.2) is 0 Å². The average Bonchev–Trinajstić information content (AvgIpc) is 2.53. The maximum atomic E-state index is 12.1. The summed E-state index contributed by atoms with van der Waals surface area (Å²) in [6.45, 7) is 11.9. The van der Waals surface area contributed by atoms with Crippen LogP contribution in [0.5, 0.6) is 0 Å². The maximum absolute atomic E-state index is 12.1. The van der Waals surface area contributed by atoms with Gasteiger partial charge in [-0.3, -0.25) is 0 Å². The molecule has 0 fully saturated rings. The number of hydrogen-bond acceptors (Lipinski definition) is 2. The molecule has 1 unspecified atom stereocenters. The Hall–Kier alpha value is 0.600. The molecule has 4 nitrogen and oxygen atoms in total. The van der Waals surface area contributed by atoms with E-state index < -0.39 is 10.0 Å². The van der Waals surface area contributed by atoms with E-state index in [-0.39, 0.29) is 35.8 Å². The highest BCUT2D eigenvalue weighted by Gasteiger charge is 2.15. The lowest BCUT2D eigenvalue weighted by Gasteiger charge is -2.34. The van der Waals surface area contributed by atoms with Crippen molar-refractivity contribution in [2.24, 2.45) is 0 Å². The number of rotatable bonds is 16. The van der Waals surface area contributed by atoms with Crippen molar-refractivity contribution >= 4 is 34.0 Å². The first-order valence-corrected chi connectivity index (χ1v) is 11.7. The van der Waals surface area contributed by atoms with Crippen LogP contribution >= 0.6 is 24.0 Å². The molecule has 0 heterocycles. The van der Waals surface area contributed by atoms with E-state index in [4.69, 9.17) is 0 Å². The van der Waals surface area contributed by atoms with Crippen molar-refractivity contribution in [1.82, 2.24) is 0 Å². The third kappa shape index (κ3) is 15.4. The van der Waals surface area contributed by atoms with Gasteiger partial charge in [-0.2, -0.15) is 0 Å². The molecular formula is C19H43IN2O2S. The number of hydrogen-bond donors (Lipinski definition) is 0. The summed E-state index contributed by atoms with van der Waals surface area (Å²) in [7, 11) is -0.972. The van der Waals surface area contributed by atoms with Crippen LogP contribution in [0.4, 0.5) is 0 Å². The van der Waals surface area contributed by atoms with Crippen LogP contribution in [0, 0.1) is 0 Å². The van der Waals surface area contributed by atoms with Crippen LogP contribution in [0.2, 0.25) is 0 Å². The normalized spacial score (nSPS) is 13.5. The largest absolute Gasteiger partial charge is 0.546 e. The lowest BCUT2D eigenvalue weighted by Crippen LogP contribution is -2.44. The Morgan fingerprint density at radius 2 is 1.40 bits per heavy atom. The lowest BCUT2D eigenvalue weighted by atomic mass is 10.1. The number of quaternary nitrogens is 1. The SMILES string of the molecule is CCCCCCCCCS(=O)(=O)[N-]C(C)CCC[N+](C)(CC)CC.I. The van der Waals surface area contributed by atoms with E-state index in [1.165, 1.54) is 25.7 Å². The highest BCUT2D eigenvalue weighted by Crippen LogP contribution is 2.17. The van der Waals surface area contributed by atoms with Crippen molar-refractivity contribution in [2.45, 2.75) is 91.5 Å². The second kappa shape index (κ2) is 15.6. The number of halogens is 1. The predicted molar refractivity (Wildman–Crippen MR) is 121 cm³/mol. The summed E-state index contributed by atoms with van der Waals surface area (Å²) in [5, 5.41) is 0. The molecule has 0 aromatic carbocycles. The van der Waals surface area contributed by atoms with Crippen LogP contribution in [0.25, 0.3) is 4.72 Å². The molecule has 0 aliphatic carbocycles. The summed E-state index contributed by atoms with van der Waals surface area (Å²) in [6, 6.07) is -0.0817. The van der Waals surface area contributed by atoms with Gasteiger partial charge >= 0.3 is 0 Å². The molecule has 0 N–H and O–H groups in total. The number of sulfonamides is 1. The summed E-state index contributed by atoms with van der Waals surface area (Å²) in [5.74, 6) is 0.225. The second-order valence-corrected chi connectivity index (χ2v) is 9.26. The minimum absolute atomic E-state index is 0. The zero-order valence-corrected chi connectivity index (χ0v) is 20.4. The van der Waals surface area contributed by atoms with Gasteiger partial charge in [-0.1, -0.05) is 58.8 Å². The van der Waals surface area contributed by atoms with E-state index in [9.17, 15) is 8.42 Å². The molecule has 6 heteroatoms. The molecule has 0 saturated heterocycles. The molecule has 25 heavy (non-hydrogen) atoms. The summed E-state index contributed by atoms with van der Waals surface area (Å²) >= 11 is 0. The Labute approximate surface area is 175 Å². The van der Waals surface area contributed by atoms with E-state index in [1.807, 2.05) is 6.92 Å². The first kappa shape index (κ1) is 27.8. The van der Waals surface area contributed by atoms with Crippen LogP contribution in [0.1, 0.15) is 85.5 Å². The zero-order chi connectivity index (χ0) is 18.5. The number of unbranched alkanes of at least 4 members (excludes halogenated alkanes) is 6. The third-order valence-electron chi connectivity index (χ3n) is 5.19. The molecule has 0 aliphatic rings. The third-order valence-corrected chi connectivity index (χ3v) is 6.68. The van der Waals surface area contributed by atoms with Crippen LogP contribution in [0.15, 0.2) is 0 Å². The molecule has 0 bridgehead atoms. The molecule has 154 valence electrons. The van der Waals surface area contributed by atoms with Crippen LogP contribution in [-0.4, -0.2) is 51.4 Å². The first-order valence-electron chi connectivity index (χ1n) is 10.1.